The Hall–Kier alpha value is -2.49. The van der Waals surface area contributed by atoms with Gasteiger partial charge in [-0.25, -0.2) is 13.1 Å². The molecule has 0 amide bonds. The first kappa shape index (κ1) is 22.2. The average molecular weight is 423 g/mol. The number of benzene rings is 3. The Balaban J connectivity index is 2.00. The fourth-order valence-electron chi connectivity index (χ4n) is 3.21. The molecule has 0 saturated heterocycles. The number of nitrogens with one attached hydrogen (secondary N) is 2. The summed E-state index contributed by atoms with van der Waals surface area (Å²) >= 11 is 0. The summed E-state index contributed by atoms with van der Waals surface area (Å²) in [6.45, 7) is 1.91. The third kappa shape index (κ3) is 5.78. The van der Waals surface area contributed by atoms with Gasteiger partial charge in [0.05, 0.1) is 23.7 Å². The van der Waals surface area contributed by atoms with Crippen LogP contribution in [-0.4, -0.2) is 27.9 Å². The van der Waals surface area contributed by atoms with E-state index >= 15 is 0 Å². The molecular formula is C22H24BN2O4S. The van der Waals surface area contributed by atoms with Crippen LogP contribution in [0, 0.1) is 6.92 Å². The highest BCUT2D eigenvalue weighted by atomic mass is 32.2. The summed E-state index contributed by atoms with van der Waals surface area (Å²) in [6.07, 6.45) is 0. The summed E-state index contributed by atoms with van der Waals surface area (Å²) in [4.78, 5) is 0.195. The average Bonchev–Trinajstić information content (AvgIpc) is 2.77. The molecule has 8 heteroatoms. The molecule has 0 unspecified atom stereocenters. The predicted molar refractivity (Wildman–Crippen MR) is 117 cm³/mol. The highest BCUT2D eigenvalue weighted by Gasteiger charge is 2.29. The topological polar surface area (TPSA) is 87.7 Å². The van der Waals surface area contributed by atoms with E-state index < -0.39 is 22.1 Å². The Kier molecular flexibility index (Phi) is 7.78. The van der Waals surface area contributed by atoms with E-state index in [9.17, 15) is 8.42 Å². The van der Waals surface area contributed by atoms with E-state index in [2.05, 4.69) is 10.0 Å². The molecule has 0 bridgehead atoms. The van der Waals surface area contributed by atoms with Gasteiger partial charge in [-0.1, -0.05) is 78.4 Å². The molecule has 0 aromatic heterocycles. The maximum Gasteiger partial charge on any atom is 0.486 e. The number of hydrogen-bond donors (Lipinski definition) is 3. The second-order valence-corrected chi connectivity index (χ2v) is 8.55. The summed E-state index contributed by atoms with van der Waals surface area (Å²) in [5, 5.41) is 12.0. The maximum absolute atomic E-state index is 13.2. The smallest absolute Gasteiger partial charge is 0.429 e. The lowest BCUT2D eigenvalue weighted by Crippen LogP contribution is -2.39. The van der Waals surface area contributed by atoms with Crippen molar-refractivity contribution in [1.82, 2.24) is 10.0 Å². The van der Waals surface area contributed by atoms with Crippen LogP contribution in [-0.2, 0) is 14.7 Å². The molecule has 3 rings (SSSR count). The molecule has 3 N–H and O–H groups in total. The molecule has 0 saturated carbocycles. The molecule has 1 radical (unpaired) electrons. The first-order chi connectivity index (χ1) is 14.5. The van der Waals surface area contributed by atoms with Crippen molar-refractivity contribution in [2.45, 2.75) is 23.9 Å². The van der Waals surface area contributed by atoms with Crippen molar-refractivity contribution in [2.75, 3.05) is 6.73 Å². The lowest BCUT2D eigenvalue weighted by molar-refractivity contribution is 0.229. The predicted octanol–water partition coefficient (Wildman–Crippen LogP) is 2.85. The number of aryl methyl sites for hydroxylation is 1. The molecule has 0 aliphatic rings. The van der Waals surface area contributed by atoms with Crippen molar-refractivity contribution >= 4 is 17.7 Å². The molecule has 3 aromatic carbocycles. The van der Waals surface area contributed by atoms with Gasteiger partial charge in [0.2, 0.25) is 10.0 Å². The largest absolute Gasteiger partial charge is 0.486 e. The van der Waals surface area contributed by atoms with Gasteiger partial charge in [0.1, 0.15) is 0 Å². The minimum absolute atomic E-state index is 0.00561. The van der Waals surface area contributed by atoms with E-state index in [-0.39, 0.29) is 11.6 Å². The van der Waals surface area contributed by atoms with Gasteiger partial charge in [-0.15, -0.1) is 0 Å². The second kappa shape index (κ2) is 10.5. The van der Waals surface area contributed by atoms with E-state index in [4.69, 9.17) is 9.68 Å². The zero-order valence-electron chi connectivity index (χ0n) is 16.6. The van der Waals surface area contributed by atoms with Gasteiger partial charge < -0.3 is 9.68 Å². The monoisotopic (exact) mass is 423 g/mol. The third-order valence-electron chi connectivity index (χ3n) is 4.73. The van der Waals surface area contributed by atoms with Gasteiger partial charge >= 0.3 is 7.69 Å². The Labute approximate surface area is 178 Å². The third-order valence-corrected chi connectivity index (χ3v) is 6.18. The van der Waals surface area contributed by atoms with E-state index in [1.807, 2.05) is 67.6 Å². The molecule has 0 aliphatic heterocycles. The molecule has 30 heavy (non-hydrogen) atoms. The van der Waals surface area contributed by atoms with E-state index in [1.54, 1.807) is 24.3 Å². The summed E-state index contributed by atoms with van der Waals surface area (Å²) in [5.74, 6) is 0. The van der Waals surface area contributed by atoms with Gasteiger partial charge in [-0.05, 0) is 30.2 Å². The second-order valence-electron chi connectivity index (χ2n) is 6.83. The number of sulfonamides is 1. The molecular weight excluding hydrogens is 399 g/mol. The molecule has 0 fully saturated rings. The Morgan fingerprint density at radius 2 is 1.40 bits per heavy atom. The summed E-state index contributed by atoms with van der Waals surface area (Å²) < 4.78 is 34.1. The van der Waals surface area contributed by atoms with Crippen LogP contribution < -0.4 is 10.0 Å². The van der Waals surface area contributed by atoms with Gasteiger partial charge in [-0.2, -0.15) is 0 Å². The van der Waals surface area contributed by atoms with Gasteiger partial charge in [-0.3, -0.25) is 5.32 Å². The highest BCUT2D eigenvalue weighted by molar-refractivity contribution is 7.89. The summed E-state index contributed by atoms with van der Waals surface area (Å²) in [5.41, 5.74) is 2.65. The molecule has 3 aromatic rings. The zero-order valence-corrected chi connectivity index (χ0v) is 17.4. The first-order valence-electron chi connectivity index (χ1n) is 9.51. The number of rotatable bonds is 10. The number of hydrogen-bond acceptors (Lipinski definition) is 5. The van der Waals surface area contributed by atoms with Crippen LogP contribution in [0.3, 0.4) is 0 Å². The first-order valence-corrected chi connectivity index (χ1v) is 11.0. The van der Waals surface area contributed by atoms with Gasteiger partial charge in [0.25, 0.3) is 0 Å². The quantitative estimate of drug-likeness (QED) is 0.265. The maximum atomic E-state index is 13.2. The van der Waals surface area contributed by atoms with Crippen molar-refractivity contribution in [3.63, 3.8) is 0 Å². The van der Waals surface area contributed by atoms with Crippen LogP contribution in [0.15, 0.2) is 89.8 Å². The molecule has 0 spiro atoms. The fourth-order valence-corrected chi connectivity index (χ4v) is 4.44. The van der Waals surface area contributed by atoms with Gasteiger partial charge in [0.15, 0.2) is 0 Å². The molecule has 0 heterocycles. The normalized spacial score (nSPS) is 13.5. The minimum atomic E-state index is -3.80. The lowest BCUT2D eigenvalue weighted by Gasteiger charge is -2.30. The molecule has 155 valence electrons. The van der Waals surface area contributed by atoms with E-state index in [1.165, 1.54) is 0 Å². The lowest BCUT2D eigenvalue weighted by atomic mass is 9.94. The van der Waals surface area contributed by atoms with Crippen LogP contribution >= 0.6 is 0 Å². The minimum Gasteiger partial charge on any atom is -0.429 e. The van der Waals surface area contributed by atoms with E-state index in [0.29, 0.717) is 7.69 Å². The molecule has 2 atom stereocenters. The van der Waals surface area contributed by atoms with Crippen LogP contribution in [0.25, 0.3) is 0 Å². The van der Waals surface area contributed by atoms with Crippen LogP contribution in [0.4, 0.5) is 0 Å². The molecule has 6 nitrogen and oxygen atoms in total. The summed E-state index contributed by atoms with van der Waals surface area (Å²) in [6, 6.07) is 24.5. The Bertz CT molecular complexity index is 1020. The standard InChI is InChI=1S/C22H24BN2O4S/c1-17-12-14-20(15-13-17)30(27,28)25-22(19-10-6-3-7-11-19)21(24-16-29-23-26)18-8-4-2-5-9-18/h2-15,21-22,24-26H,16H2,1H3/t21-,22-/m0/s1. The van der Waals surface area contributed by atoms with Crippen LogP contribution in [0.5, 0.6) is 0 Å². The van der Waals surface area contributed by atoms with Crippen LogP contribution in [0.1, 0.15) is 28.8 Å². The Morgan fingerprint density at radius 1 is 0.867 bits per heavy atom. The zero-order chi connectivity index (χ0) is 21.4. The molecule has 0 aliphatic carbocycles. The highest BCUT2D eigenvalue weighted by Crippen LogP contribution is 2.30. The van der Waals surface area contributed by atoms with Gasteiger partial charge in [0, 0.05) is 0 Å². The van der Waals surface area contributed by atoms with Crippen molar-refractivity contribution in [3.05, 3.63) is 102 Å². The summed E-state index contributed by atoms with van der Waals surface area (Å²) in [7, 11) is -3.20. The van der Waals surface area contributed by atoms with E-state index in [0.717, 1.165) is 16.7 Å². The van der Waals surface area contributed by atoms with Crippen molar-refractivity contribution in [1.29, 1.82) is 0 Å². The fraction of sp³-hybridized carbons (Fsp3) is 0.182. The van der Waals surface area contributed by atoms with Crippen molar-refractivity contribution < 1.29 is 18.1 Å². The Morgan fingerprint density at radius 3 is 1.93 bits per heavy atom. The van der Waals surface area contributed by atoms with Crippen LogP contribution in [0.2, 0.25) is 0 Å². The van der Waals surface area contributed by atoms with Crippen molar-refractivity contribution in [2.24, 2.45) is 0 Å². The SMILES string of the molecule is Cc1ccc(S(=O)(=O)N[C@@H](c2ccccc2)[C@@H](NCO[B]O)c2ccccc2)cc1. The van der Waals surface area contributed by atoms with Crippen molar-refractivity contribution in [3.8, 4) is 0 Å².